The molecule has 1 N–H and O–H groups in total. The molecule has 3 nitrogen and oxygen atoms in total. The summed E-state index contributed by atoms with van der Waals surface area (Å²) in [6, 6.07) is 0. The van der Waals surface area contributed by atoms with E-state index in [2.05, 4.69) is 5.32 Å². The first-order valence-corrected chi connectivity index (χ1v) is 5.60. The van der Waals surface area contributed by atoms with Gasteiger partial charge in [-0.2, -0.15) is 0 Å². The largest absolute Gasteiger partial charge is 0.376 e. The van der Waals surface area contributed by atoms with Gasteiger partial charge < -0.3 is 10.1 Å². The Kier molecular flexibility index (Phi) is 4.20. The standard InChI is InChI=1S/C10H18ClNO2/c1-8-10(2,5-7-14-8)12-9(13)4-3-6-11/h8H,3-7H2,1-2H3,(H,12,13). The van der Waals surface area contributed by atoms with E-state index in [0.717, 1.165) is 19.4 Å². The number of hydrogen-bond donors (Lipinski definition) is 1. The van der Waals surface area contributed by atoms with Crippen molar-refractivity contribution in [3.8, 4) is 0 Å². The van der Waals surface area contributed by atoms with Crippen LogP contribution in [0.4, 0.5) is 0 Å². The smallest absolute Gasteiger partial charge is 0.220 e. The van der Waals surface area contributed by atoms with Crippen LogP contribution in [-0.4, -0.2) is 30.0 Å². The van der Waals surface area contributed by atoms with Crippen LogP contribution in [0.5, 0.6) is 0 Å². The molecule has 0 aromatic rings. The summed E-state index contributed by atoms with van der Waals surface area (Å²) >= 11 is 5.52. The summed E-state index contributed by atoms with van der Waals surface area (Å²) in [6.07, 6.45) is 2.23. The zero-order chi connectivity index (χ0) is 10.6. The van der Waals surface area contributed by atoms with Crippen molar-refractivity contribution in [2.75, 3.05) is 12.5 Å². The van der Waals surface area contributed by atoms with Crippen molar-refractivity contribution in [3.05, 3.63) is 0 Å². The van der Waals surface area contributed by atoms with E-state index in [-0.39, 0.29) is 17.6 Å². The van der Waals surface area contributed by atoms with Crippen molar-refractivity contribution in [2.45, 2.75) is 44.8 Å². The lowest BCUT2D eigenvalue weighted by Crippen LogP contribution is -2.50. The second kappa shape index (κ2) is 4.99. The van der Waals surface area contributed by atoms with E-state index in [4.69, 9.17) is 16.3 Å². The molecule has 4 heteroatoms. The van der Waals surface area contributed by atoms with E-state index in [1.165, 1.54) is 0 Å². The van der Waals surface area contributed by atoms with Gasteiger partial charge in [-0.15, -0.1) is 11.6 Å². The van der Waals surface area contributed by atoms with Gasteiger partial charge in [0, 0.05) is 18.9 Å². The molecular formula is C10H18ClNO2. The van der Waals surface area contributed by atoms with Crippen LogP contribution < -0.4 is 5.32 Å². The number of carbonyl (C=O) groups is 1. The Morgan fingerprint density at radius 1 is 1.71 bits per heavy atom. The van der Waals surface area contributed by atoms with Gasteiger partial charge >= 0.3 is 0 Å². The van der Waals surface area contributed by atoms with Crippen molar-refractivity contribution in [3.63, 3.8) is 0 Å². The molecule has 1 rings (SSSR count). The lowest BCUT2D eigenvalue weighted by atomic mass is 9.94. The van der Waals surface area contributed by atoms with E-state index >= 15 is 0 Å². The topological polar surface area (TPSA) is 38.3 Å². The van der Waals surface area contributed by atoms with Gasteiger partial charge in [0.2, 0.25) is 5.91 Å². The Morgan fingerprint density at radius 3 is 2.93 bits per heavy atom. The number of amides is 1. The maximum atomic E-state index is 11.5. The third-order valence-corrected chi connectivity index (χ3v) is 3.12. The molecule has 0 radical (unpaired) electrons. The Labute approximate surface area is 90.1 Å². The third-order valence-electron chi connectivity index (χ3n) is 2.85. The SMILES string of the molecule is CC1OCCC1(C)NC(=O)CCCCl. The fourth-order valence-electron chi connectivity index (χ4n) is 1.61. The molecule has 0 aliphatic carbocycles. The Hall–Kier alpha value is -0.280. The number of alkyl halides is 1. The van der Waals surface area contributed by atoms with E-state index < -0.39 is 0 Å². The first kappa shape index (κ1) is 11.8. The number of ether oxygens (including phenoxy) is 1. The van der Waals surface area contributed by atoms with E-state index in [1.54, 1.807) is 0 Å². The van der Waals surface area contributed by atoms with Crippen molar-refractivity contribution >= 4 is 17.5 Å². The Bertz CT molecular complexity index is 210. The summed E-state index contributed by atoms with van der Waals surface area (Å²) in [4.78, 5) is 11.5. The predicted molar refractivity (Wildman–Crippen MR) is 56.5 cm³/mol. The molecule has 1 aliphatic heterocycles. The lowest BCUT2D eigenvalue weighted by molar-refractivity contribution is -0.123. The highest BCUT2D eigenvalue weighted by atomic mass is 35.5. The molecule has 0 aromatic carbocycles. The molecule has 1 fully saturated rings. The normalized spacial score (nSPS) is 31.8. The summed E-state index contributed by atoms with van der Waals surface area (Å²) in [5.41, 5.74) is -0.191. The number of nitrogens with one attached hydrogen (secondary N) is 1. The number of halogens is 1. The molecule has 2 unspecified atom stereocenters. The van der Waals surface area contributed by atoms with Crippen molar-refractivity contribution in [1.82, 2.24) is 5.32 Å². The van der Waals surface area contributed by atoms with Crippen LogP contribution in [-0.2, 0) is 9.53 Å². The minimum Gasteiger partial charge on any atom is -0.376 e. The molecular weight excluding hydrogens is 202 g/mol. The fourth-order valence-corrected chi connectivity index (χ4v) is 1.74. The quantitative estimate of drug-likeness (QED) is 0.731. The summed E-state index contributed by atoms with van der Waals surface area (Å²) in [6.45, 7) is 4.76. The molecule has 0 spiro atoms. The molecule has 14 heavy (non-hydrogen) atoms. The lowest BCUT2D eigenvalue weighted by Gasteiger charge is -2.28. The minimum atomic E-state index is -0.191. The van der Waals surface area contributed by atoms with Gasteiger partial charge in [0.1, 0.15) is 0 Å². The highest BCUT2D eigenvalue weighted by Crippen LogP contribution is 2.25. The van der Waals surface area contributed by atoms with E-state index in [9.17, 15) is 4.79 Å². The van der Waals surface area contributed by atoms with E-state index in [1.807, 2.05) is 13.8 Å². The zero-order valence-electron chi connectivity index (χ0n) is 8.81. The van der Waals surface area contributed by atoms with Crippen LogP contribution in [0.2, 0.25) is 0 Å². The third kappa shape index (κ3) is 2.85. The first-order chi connectivity index (χ1) is 6.58. The predicted octanol–water partition coefficient (Wildman–Crippen LogP) is 1.69. The Morgan fingerprint density at radius 2 is 2.43 bits per heavy atom. The highest BCUT2D eigenvalue weighted by molar-refractivity contribution is 6.17. The molecule has 82 valence electrons. The molecule has 0 saturated carbocycles. The first-order valence-electron chi connectivity index (χ1n) is 5.07. The van der Waals surface area contributed by atoms with Crippen LogP contribution in [0.25, 0.3) is 0 Å². The van der Waals surface area contributed by atoms with Crippen LogP contribution >= 0.6 is 11.6 Å². The average molecular weight is 220 g/mol. The highest BCUT2D eigenvalue weighted by Gasteiger charge is 2.37. The van der Waals surface area contributed by atoms with Crippen LogP contribution in [0.1, 0.15) is 33.1 Å². The van der Waals surface area contributed by atoms with Crippen molar-refractivity contribution in [2.24, 2.45) is 0 Å². The van der Waals surface area contributed by atoms with Crippen molar-refractivity contribution in [1.29, 1.82) is 0 Å². The van der Waals surface area contributed by atoms with Gasteiger partial charge in [0.25, 0.3) is 0 Å². The van der Waals surface area contributed by atoms with Gasteiger partial charge in [-0.05, 0) is 26.7 Å². The van der Waals surface area contributed by atoms with Gasteiger partial charge in [0.15, 0.2) is 0 Å². The number of carbonyl (C=O) groups excluding carboxylic acids is 1. The van der Waals surface area contributed by atoms with Crippen LogP contribution in [0.3, 0.4) is 0 Å². The number of hydrogen-bond acceptors (Lipinski definition) is 2. The fraction of sp³-hybridized carbons (Fsp3) is 0.900. The van der Waals surface area contributed by atoms with Gasteiger partial charge in [-0.1, -0.05) is 0 Å². The second-order valence-corrected chi connectivity index (χ2v) is 4.40. The molecule has 1 amide bonds. The summed E-state index contributed by atoms with van der Waals surface area (Å²) in [7, 11) is 0. The monoisotopic (exact) mass is 219 g/mol. The molecule has 1 heterocycles. The molecule has 1 aliphatic rings. The minimum absolute atomic E-state index is 0.0745. The van der Waals surface area contributed by atoms with Gasteiger partial charge in [-0.25, -0.2) is 0 Å². The maximum Gasteiger partial charge on any atom is 0.220 e. The summed E-state index contributed by atoms with van der Waals surface area (Å²) in [5.74, 6) is 0.612. The van der Waals surface area contributed by atoms with Crippen LogP contribution in [0, 0.1) is 0 Å². The zero-order valence-corrected chi connectivity index (χ0v) is 9.56. The number of rotatable bonds is 4. The molecule has 2 atom stereocenters. The summed E-state index contributed by atoms with van der Waals surface area (Å²) in [5, 5.41) is 3.02. The Balaban J connectivity index is 2.38. The summed E-state index contributed by atoms with van der Waals surface area (Å²) < 4.78 is 5.43. The maximum absolute atomic E-state index is 11.5. The second-order valence-electron chi connectivity index (χ2n) is 4.02. The molecule has 0 bridgehead atoms. The van der Waals surface area contributed by atoms with Crippen molar-refractivity contribution < 1.29 is 9.53 Å². The van der Waals surface area contributed by atoms with Gasteiger partial charge in [0.05, 0.1) is 11.6 Å². The molecule has 1 saturated heterocycles. The average Bonchev–Trinajstić information content (AvgIpc) is 2.43. The molecule has 0 aromatic heterocycles. The van der Waals surface area contributed by atoms with Gasteiger partial charge in [-0.3, -0.25) is 4.79 Å². The van der Waals surface area contributed by atoms with E-state index in [0.29, 0.717) is 12.3 Å². The van der Waals surface area contributed by atoms with Crippen LogP contribution in [0.15, 0.2) is 0 Å².